The normalized spacial score (nSPS) is 10.4. The number of carbonyl (C=O) groups is 1. The van der Waals surface area contributed by atoms with E-state index in [9.17, 15) is 4.79 Å². The van der Waals surface area contributed by atoms with Gasteiger partial charge in [-0.2, -0.15) is 0 Å². The molecule has 2 heterocycles. The van der Waals surface area contributed by atoms with E-state index < -0.39 is 0 Å². The summed E-state index contributed by atoms with van der Waals surface area (Å²) in [4.78, 5) is 17.3. The second-order valence-corrected chi connectivity index (χ2v) is 3.99. The molecule has 1 amide bonds. The van der Waals surface area contributed by atoms with Crippen molar-refractivity contribution in [3.05, 3.63) is 29.3 Å². The number of amides is 1. The van der Waals surface area contributed by atoms with E-state index >= 15 is 0 Å². The monoisotopic (exact) mass is 238 g/mol. The van der Waals surface area contributed by atoms with Gasteiger partial charge in [0.1, 0.15) is 0 Å². The van der Waals surface area contributed by atoms with Crippen molar-refractivity contribution in [3.63, 3.8) is 0 Å². The maximum absolute atomic E-state index is 11.6. The van der Waals surface area contributed by atoms with E-state index in [4.69, 9.17) is 9.36 Å². The number of nitrogens with zero attached hydrogens (tertiary/aromatic N) is 2. The minimum Gasteiger partial charge on any atom is -0.355 e. The maximum Gasteiger partial charge on any atom is 0.299 e. The van der Waals surface area contributed by atoms with Gasteiger partial charge in [-0.05, 0) is 11.4 Å². The summed E-state index contributed by atoms with van der Waals surface area (Å²) in [5, 5.41) is 6.73. The summed E-state index contributed by atoms with van der Waals surface area (Å²) in [5.41, 5.74) is 0.229. The van der Waals surface area contributed by atoms with Crippen molar-refractivity contribution in [1.29, 1.82) is 0 Å². The van der Waals surface area contributed by atoms with Crippen molar-refractivity contribution in [3.8, 4) is 10.6 Å². The third-order valence-electron chi connectivity index (χ3n) is 2.05. The van der Waals surface area contributed by atoms with Gasteiger partial charge in [0.15, 0.2) is 11.5 Å². The molecular formula is C10H10N2O3S. The van der Waals surface area contributed by atoms with Crippen molar-refractivity contribution in [2.24, 2.45) is 0 Å². The van der Waals surface area contributed by atoms with Crippen molar-refractivity contribution >= 4 is 17.2 Å². The van der Waals surface area contributed by atoms with Crippen LogP contribution in [0, 0.1) is 0 Å². The first-order chi connectivity index (χ1) is 7.72. The molecule has 0 fully saturated rings. The number of carbonyl (C=O) groups excluding carboxylic acids is 1. The van der Waals surface area contributed by atoms with E-state index in [2.05, 4.69) is 5.16 Å². The average Bonchev–Trinajstić information content (AvgIpc) is 2.96. The van der Waals surface area contributed by atoms with Crippen molar-refractivity contribution in [2.75, 3.05) is 14.2 Å². The lowest BCUT2D eigenvalue weighted by Crippen LogP contribution is -2.25. The van der Waals surface area contributed by atoms with Gasteiger partial charge in [-0.25, -0.2) is 5.06 Å². The highest BCUT2D eigenvalue weighted by atomic mass is 32.1. The van der Waals surface area contributed by atoms with Crippen LogP contribution in [0.4, 0.5) is 0 Å². The molecule has 0 aliphatic rings. The van der Waals surface area contributed by atoms with Gasteiger partial charge in [0, 0.05) is 13.1 Å². The van der Waals surface area contributed by atoms with E-state index in [-0.39, 0.29) is 11.6 Å². The SMILES string of the molecule is CON(C)C(=O)c1cc(-c2cccs2)on1. The van der Waals surface area contributed by atoms with Crippen LogP contribution in [-0.2, 0) is 4.84 Å². The zero-order chi connectivity index (χ0) is 11.5. The summed E-state index contributed by atoms with van der Waals surface area (Å²) in [7, 11) is 2.93. The third-order valence-corrected chi connectivity index (χ3v) is 2.94. The number of thiophene rings is 1. The van der Waals surface area contributed by atoms with E-state index in [1.807, 2.05) is 17.5 Å². The fraction of sp³-hybridized carbons (Fsp3) is 0.200. The van der Waals surface area contributed by atoms with Crippen LogP contribution in [-0.4, -0.2) is 30.3 Å². The summed E-state index contributed by atoms with van der Waals surface area (Å²) < 4.78 is 5.08. The molecule has 0 aliphatic carbocycles. The first-order valence-electron chi connectivity index (χ1n) is 4.55. The molecule has 0 N–H and O–H groups in total. The highest BCUT2D eigenvalue weighted by Gasteiger charge is 2.17. The summed E-state index contributed by atoms with van der Waals surface area (Å²) in [6.07, 6.45) is 0. The van der Waals surface area contributed by atoms with Crippen LogP contribution in [0.15, 0.2) is 28.1 Å². The molecule has 0 bridgehead atoms. The summed E-state index contributed by atoms with van der Waals surface area (Å²) in [6.45, 7) is 0. The minimum absolute atomic E-state index is 0.229. The lowest BCUT2D eigenvalue weighted by Gasteiger charge is -2.10. The van der Waals surface area contributed by atoms with E-state index in [1.165, 1.54) is 25.5 Å². The molecule has 0 aliphatic heterocycles. The Morgan fingerprint density at radius 3 is 3.06 bits per heavy atom. The van der Waals surface area contributed by atoms with Crippen molar-refractivity contribution < 1.29 is 14.2 Å². The molecule has 0 saturated heterocycles. The molecule has 2 aromatic rings. The summed E-state index contributed by atoms with van der Waals surface area (Å²) in [5.74, 6) is 0.247. The largest absolute Gasteiger partial charge is 0.355 e. The van der Waals surface area contributed by atoms with E-state index in [1.54, 1.807) is 6.07 Å². The third kappa shape index (κ3) is 1.98. The van der Waals surface area contributed by atoms with Crippen LogP contribution in [0.5, 0.6) is 0 Å². The Morgan fingerprint density at radius 1 is 1.62 bits per heavy atom. The lowest BCUT2D eigenvalue weighted by atomic mass is 10.3. The predicted molar refractivity (Wildman–Crippen MR) is 58.9 cm³/mol. The smallest absolute Gasteiger partial charge is 0.299 e. The Morgan fingerprint density at radius 2 is 2.44 bits per heavy atom. The number of aromatic nitrogens is 1. The van der Waals surface area contributed by atoms with Crippen LogP contribution in [0.2, 0.25) is 0 Å². The fourth-order valence-corrected chi connectivity index (χ4v) is 1.83. The Kier molecular flexibility index (Phi) is 3.02. The van der Waals surface area contributed by atoms with Crippen LogP contribution in [0.3, 0.4) is 0 Å². The Bertz CT molecular complexity index is 478. The molecule has 16 heavy (non-hydrogen) atoms. The number of hydrogen-bond acceptors (Lipinski definition) is 5. The van der Waals surface area contributed by atoms with Crippen LogP contribution >= 0.6 is 11.3 Å². The Labute approximate surface area is 96.2 Å². The highest BCUT2D eigenvalue weighted by Crippen LogP contribution is 2.25. The topological polar surface area (TPSA) is 55.6 Å². The standard InChI is InChI=1S/C10H10N2O3S/c1-12(14-2)10(13)7-6-8(15-11-7)9-4-3-5-16-9/h3-6H,1-2H3. The lowest BCUT2D eigenvalue weighted by molar-refractivity contribution is -0.0762. The average molecular weight is 238 g/mol. The van der Waals surface area contributed by atoms with Gasteiger partial charge in [-0.1, -0.05) is 11.2 Å². The van der Waals surface area contributed by atoms with Crippen LogP contribution in [0.25, 0.3) is 10.6 Å². The van der Waals surface area contributed by atoms with Crippen molar-refractivity contribution in [1.82, 2.24) is 10.2 Å². The van der Waals surface area contributed by atoms with Gasteiger partial charge < -0.3 is 4.52 Å². The maximum atomic E-state index is 11.6. The summed E-state index contributed by atoms with van der Waals surface area (Å²) in [6, 6.07) is 5.41. The molecule has 2 rings (SSSR count). The van der Waals surface area contributed by atoms with Crippen molar-refractivity contribution in [2.45, 2.75) is 0 Å². The molecule has 0 saturated carbocycles. The molecule has 84 valence electrons. The van der Waals surface area contributed by atoms with Gasteiger partial charge in [-0.3, -0.25) is 9.63 Å². The van der Waals surface area contributed by atoms with E-state index in [0.29, 0.717) is 5.76 Å². The van der Waals surface area contributed by atoms with E-state index in [0.717, 1.165) is 9.94 Å². The molecular weight excluding hydrogens is 228 g/mol. The second-order valence-electron chi connectivity index (χ2n) is 3.04. The molecule has 5 nitrogen and oxygen atoms in total. The Hall–Kier alpha value is -1.66. The molecule has 2 aromatic heterocycles. The number of hydrogen-bond donors (Lipinski definition) is 0. The summed E-state index contributed by atoms with van der Waals surface area (Å²) >= 11 is 1.53. The van der Waals surface area contributed by atoms with Gasteiger partial charge in [0.25, 0.3) is 5.91 Å². The molecule has 0 radical (unpaired) electrons. The first kappa shape index (κ1) is 10.8. The molecule has 0 aromatic carbocycles. The fourth-order valence-electron chi connectivity index (χ4n) is 1.16. The zero-order valence-corrected chi connectivity index (χ0v) is 9.65. The van der Waals surface area contributed by atoms with Crippen LogP contribution < -0.4 is 0 Å². The van der Waals surface area contributed by atoms with Gasteiger partial charge in [0.2, 0.25) is 0 Å². The predicted octanol–water partition coefficient (Wildman–Crippen LogP) is 2.04. The van der Waals surface area contributed by atoms with Crippen LogP contribution in [0.1, 0.15) is 10.5 Å². The molecule has 6 heteroatoms. The van der Waals surface area contributed by atoms with Gasteiger partial charge in [-0.15, -0.1) is 11.3 Å². The molecule has 0 spiro atoms. The number of rotatable bonds is 3. The molecule has 0 unspecified atom stereocenters. The minimum atomic E-state index is -0.339. The Balaban J connectivity index is 2.23. The second kappa shape index (κ2) is 4.46. The zero-order valence-electron chi connectivity index (χ0n) is 8.84. The first-order valence-corrected chi connectivity index (χ1v) is 5.43. The quantitative estimate of drug-likeness (QED) is 0.768. The highest BCUT2D eigenvalue weighted by molar-refractivity contribution is 7.13. The van der Waals surface area contributed by atoms with Gasteiger partial charge in [0.05, 0.1) is 12.0 Å². The number of hydroxylamine groups is 2. The van der Waals surface area contributed by atoms with Gasteiger partial charge >= 0.3 is 0 Å². The molecule has 0 atom stereocenters.